The van der Waals surface area contributed by atoms with E-state index in [9.17, 15) is 8.42 Å². The number of benzene rings is 2. The highest BCUT2D eigenvalue weighted by atomic mass is 35.5. The van der Waals surface area contributed by atoms with Crippen molar-refractivity contribution in [1.29, 1.82) is 0 Å². The van der Waals surface area contributed by atoms with E-state index in [0.717, 1.165) is 11.1 Å². The molecule has 0 aliphatic heterocycles. The van der Waals surface area contributed by atoms with Crippen LogP contribution in [0.1, 0.15) is 11.1 Å². The number of rotatable bonds is 3. The summed E-state index contributed by atoms with van der Waals surface area (Å²) in [6.07, 6.45) is 0. The monoisotopic (exact) mass is 310 g/mol. The van der Waals surface area contributed by atoms with Crippen LogP contribution in [-0.2, 0) is 10.0 Å². The quantitative estimate of drug-likeness (QED) is 0.854. The maximum Gasteiger partial charge on any atom is 0.261 e. The molecule has 6 heteroatoms. The van der Waals surface area contributed by atoms with Gasteiger partial charge in [-0.1, -0.05) is 17.7 Å². The molecule has 0 amide bonds. The Kier molecular flexibility index (Phi) is 3.92. The van der Waals surface area contributed by atoms with E-state index in [0.29, 0.717) is 10.7 Å². The molecule has 106 valence electrons. The van der Waals surface area contributed by atoms with Crippen molar-refractivity contribution in [2.75, 3.05) is 10.5 Å². The second-order valence-corrected chi connectivity index (χ2v) is 6.75. The maximum atomic E-state index is 12.3. The fourth-order valence-corrected chi connectivity index (χ4v) is 3.13. The van der Waals surface area contributed by atoms with Crippen LogP contribution in [0.4, 0.5) is 11.4 Å². The van der Waals surface area contributed by atoms with Gasteiger partial charge < -0.3 is 5.73 Å². The second kappa shape index (κ2) is 5.34. The number of nitrogens with two attached hydrogens (primary N) is 1. The molecule has 3 N–H and O–H groups in total. The lowest BCUT2D eigenvalue weighted by Gasteiger charge is -2.10. The summed E-state index contributed by atoms with van der Waals surface area (Å²) in [7, 11) is -3.67. The minimum Gasteiger partial charge on any atom is -0.397 e. The third-order valence-electron chi connectivity index (χ3n) is 2.75. The summed E-state index contributed by atoms with van der Waals surface area (Å²) in [4.78, 5) is 0.0820. The molecule has 0 aliphatic rings. The predicted octanol–water partition coefficient (Wildman–Crippen LogP) is 3.34. The van der Waals surface area contributed by atoms with E-state index in [1.807, 2.05) is 19.9 Å². The number of halogens is 1. The minimum absolute atomic E-state index is 0.0820. The van der Waals surface area contributed by atoms with Gasteiger partial charge >= 0.3 is 0 Å². The summed E-state index contributed by atoms with van der Waals surface area (Å²) in [6.45, 7) is 3.82. The van der Waals surface area contributed by atoms with Gasteiger partial charge in [-0.25, -0.2) is 8.42 Å². The highest BCUT2D eigenvalue weighted by Crippen LogP contribution is 2.24. The first-order valence-corrected chi connectivity index (χ1v) is 7.80. The number of hydrogen-bond acceptors (Lipinski definition) is 3. The number of hydrogen-bond donors (Lipinski definition) is 2. The van der Waals surface area contributed by atoms with Crippen LogP contribution in [-0.4, -0.2) is 8.42 Å². The SMILES string of the molecule is Cc1cc(C)cc(NS(=O)(=O)c2ccc(Cl)c(N)c2)c1. The van der Waals surface area contributed by atoms with Gasteiger partial charge in [-0.15, -0.1) is 0 Å². The molecule has 0 aromatic heterocycles. The average Bonchev–Trinajstić information content (AvgIpc) is 2.30. The van der Waals surface area contributed by atoms with Crippen molar-refractivity contribution in [2.45, 2.75) is 18.7 Å². The molecule has 0 saturated heterocycles. The van der Waals surface area contributed by atoms with E-state index >= 15 is 0 Å². The molecule has 4 nitrogen and oxygen atoms in total. The number of anilines is 2. The van der Waals surface area contributed by atoms with Gasteiger partial charge in [-0.3, -0.25) is 4.72 Å². The molecule has 0 saturated carbocycles. The van der Waals surface area contributed by atoms with E-state index < -0.39 is 10.0 Å². The Balaban J connectivity index is 2.37. The second-order valence-electron chi connectivity index (χ2n) is 4.67. The first-order chi connectivity index (χ1) is 9.28. The number of nitrogens with one attached hydrogen (secondary N) is 1. The fourth-order valence-electron chi connectivity index (χ4n) is 1.94. The highest BCUT2D eigenvalue weighted by molar-refractivity contribution is 7.92. The lowest BCUT2D eigenvalue weighted by molar-refractivity contribution is 0.601. The van der Waals surface area contributed by atoms with Crippen molar-refractivity contribution in [3.63, 3.8) is 0 Å². The smallest absolute Gasteiger partial charge is 0.261 e. The molecule has 0 bridgehead atoms. The Morgan fingerprint density at radius 3 is 2.20 bits per heavy atom. The Bertz CT molecular complexity index is 738. The molecule has 0 atom stereocenters. The van der Waals surface area contributed by atoms with Crippen LogP contribution in [0.5, 0.6) is 0 Å². The molecule has 0 spiro atoms. The van der Waals surface area contributed by atoms with E-state index in [-0.39, 0.29) is 10.6 Å². The summed E-state index contributed by atoms with van der Waals surface area (Å²) < 4.78 is 27.1. The summed E-state index contributed by atoms with van der Waals surface area (Å²) >= 11 is 5.79. The zero-order valence-corrected chi connectivity index (χ0v) is 12.7. The van der Waals surface area contributed by atoms with E-state index in [2.05, 4.69) is 4.72 Å². The van der Waals surface area contributed by atoms with E-state index in [4.69, 9.17) is 17.3 Å². The third-order valence-corrected chi connectivity index (χ3v) is 4.47. The Morgan fingerprint density at radius 2 is 1.65 bits per heavy atom. The van der Waals surface area contributed by atoms with Crippen LogP contribution in [0.2, 0.25) is 5.02 Å². The van der Waals surface area contributed by atoms with Gasteiger partial charge in [0.15, 0.2) is 0 Å². The molecular weight excluding hydrogens is 296 g/mol. The molecule has 0 radical (unpaired) electrons. The molecule has 0 fully saturated rings. The molecule has 0 aliphatic carbocycles. The molecular formula is C14H15ClN2O2S. The normalized spacial score (nSPS) is 11.3. The summed E-state index contributed by atoms with van der Waals surface area (Å²) in [6, 6.07) is 9.73. The first kappa shape index (κ1) is 14.7. The zero-order valence-electron chi connectivity index (χ0n) is 11.1. The maximum absolute atomic E-state index is 12.3. The van der Waals surface area contributed by atoms with Crippen LogP contribution >= 0.6 is 11.6 Å². The van der Waals surface area contributed by atoms with Crippen LogP contribution in [0, 0.1) is 13.8 Å². The van der Waals surface area contributed by atoms with Crippen LogP contribution in [0.15, 0.2) is 41.3 Å². The zero-order chi connectivity index (χ0) is 14.9. The Hall–Kier alpha value is -1.72. The molecule has 2 aromatic carbocycles. The summed E-state index contributed by atoms with van der Waals surface area (Å²) in [5, 5.41) is 0.329. The summed E-state index contributed by atoms with van der Waals surface area (Å²) in [5.41, 5.74) is 8.36. The van der Waals surface area contributed by atoms with Gasteiger partial charge in [0, 0.05) is 5.69 Å². The Labute approximate surface area is 123 Å². The van der Waals surface area contributed by atoms with Crippen molar-refractivity contribution < 1.29 is 8.42 Å². The van der Waals surface area contributed by atoms with Crippen molar-refractivity contribution in [1.82, 2.24) is 0 Å². The van der Waals surface area contributed by atoms with Gasteiger partial charge in [0.05, 0.1) is 15.6 Å². The standard InChI is InChI=1S/C14H15ClN2O2S/c1-9-5-10(2)7-11(6-9)17-20(18,19)12-3-4-13(15)14(16)8-12/h3-8,17H,16H2,1-2H3. The van der Waals surface area contributed by atoms with Crippen molar-refractivity contribution in [3.8, 4) is 0 Å². The fraction of sp³-hybridized carbons (Fsp3) is 0.143. The van der Waals surface area contributed by atoms with E-state index in [1.54, 1.807) is 12.1 Å². The highest BCUT2D eigenvalue weighted by Gasteiger charge is 2.15. The number of nitrogen functional groups attached to an aromatic ring is 1. The van der Waals surface area contributed by atoms with Crippen molar-refractivity contribution in [2.24, 2.45) is 0 Å². The largest absolute Gasteiger partial charge is 0.397 e. The Morgan fingerprint density at radius 1 is 1.05 bits per heavy atom. The molecule has 0 heterocycles. The van der Waals surface area contributed by atoms with Gasteiger partial charge in [0.1, 0.15) is 0 Å². The van der Waals surface area contributed by atoms with Crippen LogP contribution in [0.3, 0.4) is 0 Å². The summed E-state index contributed by atoms with van der Waals surface area (Å²) in [5.74, 6) is 0. The van der Waals surface area contributed by atoms with Gasteiger partial charge in [-0.05, 0) is 55.3 Å². The lowest BCUT2D eigenvalue weighted by Crippen LogP contribution is -2.13. The molecule has 0 unspecified atom stereocenters. The average molecular weight is 311 g/mol. The topological polar surface area (TPSA) is 72.2 Å². The molecule has 2 rings (SSSR count). The minimum atomic E-state index is -3.67. The predicted molar refractivity (Wildman–Crippen MR) is 82.6 cm³/mol. The molecule has 2 aromatic rings. The van der Waals surface area contributed by atoms with Crippen molar-refractivity contribution >= 4 is 33.0 Å². The van der Waals surface area contributed by atoms with Gasteiger partial charge in [0.25, 0.3) is 10.0 Å². The third kappa shape index (κ3) is 3.23. The van der Waals surface area contributed by atoms with E-state index in [1.165, 1.54) is 18.2 Å². The van der Waals surface area contributed by atoms with Gasteiger partial charge in [0.2, 0.25) is 0 Å². The van der Waals surface area contributed by atoms with Crippen LogP contribution < -0.4 is 10.5 Å². The number of sulfonamides is 1. The van der Waals surface area contributed by atoms with Crippen LogP contribution in [0.25, 0.3) is 0 Å². The van der Waals surface area contributed by atoms with Gasteiger partial charge in [-0.2, -0.15) is 0 Å². The lowest BCUT2D eigenvalue weighted by atomic mass is 10.1. The molecule has 20 heavy (non-hydrogen) atoms. The van der Waals surface area contributed by atoms with Crippen molar-refractivity contribution in [3.05, 3.63) is 52.5 Å². The number of aryl methyl sites for hydroxylation is 2. The first-order valence-electron chi connectivity index (χ1n) is 5.94.